The molecule has 0 aliphatic carbocycles. The molecule has 3 aromatic carbocycles. The molecule has 2 heterocycles. The van der Waals surface area contributed by atoms with Gasteiger partial charge in [-0.25, -0.2) is 4.68 Å². The fourth-order valence-electron chi connectivity index (χ4n) is 3.36. The van der Waals surface area contributed by atoms with Crippen molar-refractivity contribution in [3.8, 4) is 28.1 Å². The molecule has 2 nitrogen and oxygen atoms in total. The molecule has 0 atom stereocenters. The van der Waals surface area contributed by atoms with Gasteiger partial charge in [-0.05, 0) is 23.3 Å². The van der Waals surface area contributed by atoms with Crippen LogP contribution in [0.5, 0.6) is 0 Å². The molecular weight excluding hydrogens is 324 g/mol. The lowest BCUT2D eigenvalue weighted by Gasteiger charge is -2.18. The van der Waals surface area contributed by atoms with Crippen molar-refractivity contribution in [3.05, 3.63) is 90.5 Å². The van der Waals surface area contributed by atoms with E-state index in [2.05, 4.69) is 77.5 Å². The lowest BCUT2D eigenvalue weighted by molar-refractivity contribution is 0.805. The second-order valence-electron chi connectivity index (χ2n) is 6.09. The Kier molecular flexibility index (Phi) is 3.46. The standard InChI is InChI=1S/C22H16N2S/c1-3-9-16(10-4-1)21-20-19-14-8-7-11-17(19)15-25-22(20)24(23-21)18-12-5-2-6-13-18/h1-14H,15H2. The fourth-order valence-corrected chi connectivity index (χ4v) is 4.52. The van der Waals surface area contributed by atoms with Crippen LogP contribution < -0.4 is 0 Å². The van der Waals surface area contributed by atoms with E-state index in [0.29, 0.717) is 0 Å². The number of benzene rings is 3. The first-order valence-corrected chi connectivity index (χ1v) is 9.35. The minimum Gasteiger partial charge on any atom is -0.226 e. The molecule has 120 valence electrons. The van der Waals surface area contributed by atoms with Crippen molar-refractivity contribution < 1.29 is 0 Å². The van der Waals surface area contributed by atoms with E-state index in [1.165, 1.54) is 21.7 Å². The van der Waals surface area contributed by atoms with Gasteiger partial charge in [0.15, 0.2) is 0 Å². The SMILES string of the molecule is c1ccc(-c2nn(-c3ccccc3)c3c2-c2ccccc2CS3)cc1. The lowest BCUT2D eigenvalue weighted by atomic mass is 9.98. The van der Waals surface area contributed by atoms with Gasteiger partial charge >= 0.3 is 0 Å². The maximum atomic E-state index is 5.03. The quantitative estimate of drug-likeness (QED) is 0.458. The predicted molar refractivity (Wildman–Crippen MR) is 104 cm³/mol. The normalized spacial score (nSPS) is 12.5. The maximum absolute atomic E-state index is 5.03. The van der Waals surface area contributed by atoms with Crippen LogP contribution in [0.2, 0.25) is 0 Å². The highest BCUT2D eigenvalue weighted by Crippen LogP contribution is 2.47. The predicted octanol–water partition coefficient (Wildman–Crippen LogP) is 5.81. The van der Waals surface area contributed by atoms with Crippen molar-refractivity contribution in [1.82, 2.24) is 9.78 Å². The summed E-state index contributed by atoms with van der Waals surface area (Å²) in [5.41, 5.74) is 7.25. The molecule has 4 aromatic rings. The van der Waals surface area contributed by atoms with Gasteiger partial charge < -0.3 is 0 Å². The summed E-state index contributed by atoms with van der Waals surface area (Å²) in [6, 6.07) is 29.5. The van der Waals surface area contributed by atoms with E-state index in [9.17, 15) is 0 Å². The van der Waals surface area contributed by atoms with E-state index >= 15 is 0 Å². The first-order valence-electron chi connectivity index (χ1n) is 8.37. The van der Waals surface area contributed by atoms with Crippen molar-refractivity contribution in [2.75, 3.05) is 0 Å². The van der Waals surface area contributed by atoms with Gasteiger partial charge in [-0.3, -0.25) is 0 Å². The molecule has 3 heteroatoms. The van der Waals surface area contributed by atoms with Gasteiger partial charge in [-0.1, -0.05) is 72.8 Å². The summed E-state index contributed by atoms with van der Waals surface area (Å²) < 4.78 is 2.10. The third kappa shape index (κ3) is 2.39. The summed E-state index contributed by atoms with van der Waals surface area (Å²) in [6.07, 6.45) is 0. The largest absolute Gasteiger partial charge is 0.226 e. The third-order valence-corrected chi connectivity index (χ3v) is 5.65. The zero-order chi connectivity index (χ0) is 16.6. The van der Waals surface area contributed by atoms with Crippen molar-refractivity contribution in [3.63, 3.8) is 0 Å². The van der Waals surface area contributed by atoms with Crippen LogP contribution in [0, 0.1) is 0 Å². The molecule has 0 saturated carbocycles. The van der Waals surface area contributed by atoms with Crippen LogP contribution in [0.15, 0.2) is 90.0 Å². The molecule has 0 amide bonds. The van der Waals surface area contributed by atoms with Crippen molar-refractivity contribution in [2.45, 2.75) is 10.8 Å². The van der Waals surface area contributed by atoms with Gasteiger partial charge in [0.1, 0.15) is 10.7 Å². The summed E-state index contributed by atoms with van der Waals surface area (Å²) in [5, 5.41) is 6.25. The van der Waals surface area contributed by atoms with Gasteiger partial charge in [0.2, 0.25) is 0 Å². The van der Waals surface area contributed by atoms with E-state index in [4.69, 9.17) is 5.10 Å². The van der Waals surface area contributed by atoms with Crippen LogP contribution in [0.25, 0.3) is 28.1 Å². The number of thioether (sulfide) groups is 1. The van der Waals surface area contributed by atoms with Crippen molar-refractivity contribution >= 4 is 11.8 Å². The van der Waals surface area contributed by atoms with Crippen LogP contribution in [0.1, 0.15) is 5.56 Å². The van der Waals surface area contributed by atoms with E-state index in [1.807, 2.05) is 23.9 Å². The number of nitrogens with zero attached hydrogens (tertiary/aromatic N) is 2. The van der Waals surface area contributed by atoms with E-state index < -0.39 is 0 Å². The maximum Gasteiger partial charge on any atom is 0.109 e. The second-order valence-corrected chi connectivity index (χ2v) is 7.05. The fraction of sp³-hybridized carbons (Fsp3) is 0.0455. The molecule has 1 aliphatic heterocycles. The van der Waals surface area contributed by atoms with Crippen LogP contribution in [-0.2, 0) is 5.75 Å². The molecule has 0 radical (unpaired) electrons. The molecule has 0 bridgehead atoms. The first kappa shape index (κ1) is 14.6. The smallest absolute Gasteiger partial charge is 0.109 e. The number of para-hydroxylation sites is 1. The number of aromatic nitrogens is 2. The molecule has 0 unspecified atom stereocenters. The highest BCUT2D eigenvalue weighted by Gasteiger charge is 2.26. The number of hydrogen-bond acceptors (Lipinski definition) is 2. The minimum atomic E-state index is 0.982. The summed E-state index contributed by atoms with van der Waals surface area (Å²) in [7, 11) is 0. The molecule has 0 saturated heterocycles. The Balaban J connectivity index is 1.82. The van der Waals surface area contributed by atoms with E-state index in [0.717, 1.165) is 22.7 Å². The van der Waals surface area contributed by atoms with Gasteiger partial charge in [-0.2, -0.15) is 5.10 Å². The van der Waals surface area contributed by atoms with Gasteiger partial charge in [0.05, 0.1) is 5.69 Å². The molecule has 0 fully saturated rings. The summed E-state index contributed by atoms with van der Waals surface area (Å²) in [5.74, 6) is 0.982. The van der Waals surface area contributed by atoms with Crippen molar-refractivity contribution in [1.29, 1.82) is 0 Å². The lowest BCUT2D eigenvalue weighted by Crippen LogP contribution is -2.01. The monoisotopic (exact) mass is 340 g/mol. The average molecular weight is 340 g/mol. The van der Waals surface area contributed by atoms with Gasteiger partial charge in [0.25, 0.3) is 0 Å². The van der Waals surface area contributed by atoms with Gasteiger partial charge in [0, 0.05) is 16.9 Å². The molecule has 0 spiro atoms. The Hall–Kier alpha value is -2.78. The first-order chi connectivity index (χ1) is 12.4. The molecule has 25 heavy (non-hydrogen) atoms. The Morgan fingerprint density at radius 2 is 1.44 bits per heavy atom. The minimum absolute atomic E-state index is 0.982. The number of fused-ring (bicyclic) bond motifs is 3. The highest BCUT2D eigenvalue weighted by molar-refractivity contribution is 7.98. The zero-order valence-corrected chi connectivity index (χ0v) is 14.4. The Labute approximate surface area is 151 Å². The topological polar surface area (TPSA) is 17.8 Å². The second kappa shape index (κ2) is 5.94. The van der Waals surface area contributed by atoms with Crippen LogP contribution in [-0.4, -0.2) is 9.78 Å². The molecule has 1 aromatic heterocycles. The van der Waals surface area contributed by atoms with Crippen LogP contribution >= 0.6 is 11.8 Å². The van der Waals surface area contributed by atoms with E-state index in [1.54, 1.807) is 0 Å². The molecule has 0 N–H and O–H groups in total. The van der Waals surface area contributed by atoms with Crippen LogP contribution in [0.3, 0.4) is 0 Å². The number of rotatable bonds is 2. The Morgan fingerprint density at radius 1 is 0.760 bits per heavy atom. The third-order valence-electron chi connectivity index (χ3n) is 4.54. The summed E-state index contributed by atoms with van der Waals surface area (Å²) >= 11 is 1.87. The number of hydrogen-bond donors (Lipinski definition) is 0. The van der Waals surface area contributed by atoms with Gasteiger partial charge in [-0.15, -0.1) is 11.8 Å². The molecular formula is C22H16N2S. The molecule has 1 aliphatic rings. The Bertz CT molecular complexity index is 1040. The average Bonchev–Trinajstić information content (AvgIpc) is 3.09. The summed E-state index contributed by atoms with van der Waals surface area (Å²) in [4.78, 5) is 0. The highest BCUT2D eigenvalue weighted by atomic mass is 32.2. The Morgan fingerprint density at radius 3 is 2.24 bits per heavy atom. The molecule has 5 rings (SSSR count). The summed E-state index contributed by atoms with van der Waals surface area (Å²) in [6.45, 7) is 0. The van der Waals surface area contributed by atoms with Crippen LogP contribution in [0.4, 0.5) is 0 Å². The zero-order valence-electron chi connectivity index (χ0n) is 13.6. The van der Waals surface area contributed by atoms with E-state index in [-0.39, 0.29) is 0 Å². The van der Waals surface area contributed by atoms with Crippen molar-refractivity contribution in [2.24, 2.45) is 0 Å².